The summed E-state index contributed by atoms with van der Waals surface area (Å²) in [5.74, 6) is -0.560. The van der Waals surface area contributed by atoms with Crippen LogP contribution < -0.4 is 5.32 Å². The number of halogens is 1. The van der Waals surface area contributed by atoms with Crippen LogP contribution in [0.25, 0.3) is 11.3 Å². The topological polar surface area (TPSA) is 78.6 Å². The second kappa shape index (κ2) is 7.68. The van der Waals surface area contributed by atoms with Gasteiger partial charge in [-0.15, -0.1) is 0 Å². The highest BCUT2D eigenvalue weighted by Gasteiger charge is 2.35. The van der Waals surface area contributed by atoms with E-state index in [2.05, 4.69) is 29.5 Å². The van der Waals surface area contributed by atoms with Gasteiger partial charge < -0.3 is 19.8 Å². The Kier molecular flexibility index (Phi) is 5.53. The Bertz CT molecular complexity index is 765. The average Bonchev–Trinajstić information content (AvgIpc) is 3.05. The molecule has 0 aliphatic heterocycles. The number of anilines is 1. The summed E-state index contributed by atoms with van der Waals surface area (Å²) in [4.78, 5) is 14.1. The molecule has 0 atom stereocenters. The van der Waals surface area contributed by atoms with Crippen molar-refractivity contribution in [1.29, 1.82) is 0 Å². The number of aromatic carboxylic acids is 1. The van der Waals surface area contributed by atoms with Gasteiger partial charge in [0.15, 0.2) is 17.1 Å². The number of aromatic nitrogens is 1. The molecule has 1 heterocycles. The molecule has 1 aliphatic carbocycles. The van der Waals surface area contributed by atoms with Gasteiger partial charge in [0, 0.05) is 22.7 Å². The zero-order valence-corrected chi connectivity index (χ0v) is 15.8. The SMILES string of the molecule is CN(C)C1(CNc2noc(-c3ccc(Cl)cc3)c2C(=O)O)CCCCC1. The summed E-state index contributed by atoms with van der Waals surface area (Å²) in [6.45, 7) is 0.632. The Morgan fingerprint density at radius 2 is 1.92 bits per heavy atom. The summed E-state index contributed by atoms with van der Waals surface area (Å²) in [5, 5.41) is 17.5. The van der Waals surface area contributed by atoms with E-state index in [1.807, 2.05) is 0 Å². The number of hydrogen-bond donors (Lipinski definition) is 2. The van der Waals surface area contributed by atoms with Crippen molar-refractivity contribution in [3.05, 3.63) is 34.9 Å². The summed E-state index contributed by atoms with van der Waals surface area (Å²) in [7, 11) is 4.15. The van der Waals surface area contributed by atoms with E-state index in [1.54, 1.807) is 24.3 Å². The Morgan fingerprint density at radius 1 is 1.27 bits per heavy atom. The Morgan fingerprint density at radius 3 is 2.50 bits per heavy atom. The molecule has 0 unspecified atom stereocenters. The molecule has 3 rings (SSSR count). The molecule has 7 heteroatoms. The van der Waals surface area contributed by atoms with Crippen molar-refractivity contribution in [3.8, 4) is 11.3 Å². The van der Waals surface area contributed by atoms with Gasteiger partial charge in [-0.2, -0.15) is 0 Å². The predicted molar refractivity (Wildman–Crippen MR) is 102 cm³/mol. The van der Waals surface area contributed by atoms with Crippen molar-refractivity contribution in [2.75, 3.05) is 26.0 Å². The molecule has 1 saturated carbocycles. The van der Waals surface area contributed by atoms with Crippen LogP contribution in [0.4, 0.5) is 5.82 Å². The zero-order valence-electron chi connectivity index (χ0n) is 15.1. The standard InChI is InChI=1S/C19H24ClN3O3/c1-23(2)19(10-4-3-5-11-19)12-21-17-15(18(24)25)16(26-22-17)13-6-8-14(20)9-7-13/h6-9H,3-5,10-12H2,1-2H3,(H,21,22)(H,24,25). The first kappa shape index (κ1) is 18.7. The van der Waals surface area contributed by atoms with E-state index in [9.17, 15) is 9.90 Å². The minimum Gasteiger partial charge on any atom is -0.477 e. The van der Waals surface area contributed by atoms with Gasteiger partial charge in [0.05, 0.1) is 0 Å². The molecule has 2 aromatic rings. The van der Waals surface area contributed by atoms with Gasteiger partial charge in [-0.05, 0) is 51.2 Å². The lowest BCUT2D eigenvalue weighted by molar-refractivity contribution is 0.0698. The summed E-state index contributed by atoms with van der Waals surface area (Å²) in [6.07, 6.45) is 5.77. The molecule has 0 radical (unpaired) electrons. The molecular formula is C19H24ClN3O3. The van der Waals surface area contributed by atoms with Gasteiger partial charge >= 0.3 is 5.97 Å². The van der Waals surface area contributed by atoms with Crippen molar-refractivity contribution in [2.45, 2.75) is 37.6 Å². The number of rotatable bonds is 6. The maximum absolute atomic E-state index is 11.8. The van der Waals surface area contributed by atoms with E-state index in [4.69, 9.17) is 16.1 Å². The van der Waals surface area contributed by atoms with Crippen LogP contribution in [0.2, 0.25) is 5.02 Å². The Balaban J connectivity index is 1.86. The van der Waals surface area contributed by atoms with Crippen LogP contribution in [-0.2, 0) is 0 Å². The molecule has 0 bridgehead atoms. The molecule has 6 nitrogen and oxygen atoms in total. The summed E-state index contributed by atoms with van der Waals surface area (Å²) in [5.41, 5.74) is 0.692. The van der Waals surface area contributed by atoms with E-state index >= 15 is 0 Å². The fraction of sp³-hybridized carbons (Fsp3) is 0.474. The van der Waals surface area contributed by atoms with Crippen LogP contribution in [0, 0.1) is 0 Å². The number of carboxylic acids is 1. The minimum absolute atomic E-state index is 0.00735. The van der Waals surface area contributed by atoms with Gasteiger partial charge in [0.2, 0.25) is 0 Å². The van der Waals surface area contributed by atoms with Gasteiger partial charge in [-0.25, -0.2) is 4.79 Å². The van der Waals surface area contributed by atoms with Crippen LogP contribution in [-0.4, -0.2) is 47.3 Å². The van der Waals surface area contributed by atoms with Gasteiger partial charge in [0.25, 0.3) is 0 Å². The molecule has 1 aromatic carbocycles. The average molecular weight is 378 g/mol. The number of nitrogens with zero attached hydrogens (tertiary/aromatic N) is 2. The molecule has 26 heavy (non-hydrogen) atoms. The first-order chi connectivity index (χ1) is 12.4. The quantitative estimate of drug-likeness (QED) is 0.778. The maximum Gasteiger partial charge on any atom is 0.343 e. The highest BCUT2D eigenvalue weighted by molar-refractivity contribution is 6.30. The third-order valence-corrected chi connectivity index (χ3v) is 5.58. The normalized spacial score (nSPS) is 16.6. The molecule has 1 aromatic heterocycles. The van der Waals surface area contributed by atoms with Crippen molar-refractivity contribution < 1.29 is 14.4 Å². The molecular weight excluding hydrogens is 354 g/mol. The third kappa shape index (κ3) is 3.71. The number of nitrogens with one attached hydrogen (secondary N) is 1. The fourth-order valence-electron chi connectivity index (χ4n) is 3.65. The van der Waals surface area contributed by atoms with Crippen LogP contribution in [0.1, 0.15) is 42.5 Å². The van der Waals surface area contributed by atoms with Crippen molar-refractivity contribution >= 4 is 23.4 Å². The Labute approximate surface area is 158 Å². The van der Waals surface area contributed by atoms with Gasteiger partial charge in [0.1, 0.15) is 0 Å². The summed E-state index contributed by atoms with van der Waals surface area (Å²) >= 11 is 5.91. The first-order valence-corrected chi connectivity index (χ1v) is 9.21. The number of benzene rings is 1. The third-order valence-electron chi connectivity index (χ3n) is 5.33. The number of carbonyl (C=O) groups is 1. The lowest BCUT2D eigenvalue weighted by atomic mass is 9.80. The van der Waals surface area contributed by atoms with Crippen molar-refractivity contribution in [1.82, 2.24) is 10.1 Å². The van der Waals surface area contributed by atoms with E-state index in [-0.39, 0.29) is 22.7 Å². The zero-order chi connectivity index (χ0) is 18.7. The van der Waals surface area contributed by atoms with Crippen LogP contribution in [0.5, 0.6) is 0 Å². The van der Waals surface area contributed by atoms with E-state index < -0.39 is 5.97 Å². The first-order valence-electron chi connectivity index (χ1n) is 8.83. The molecule has 140 valence electrons. The van der Waals surface area contributed by atoms with Gasteiger partial charge in [-0.3, -0.25) is 0 Å². The Hall–Kier alpha value is -2.05. The highest BCUT2D eigenvalue weighted by Crippen LogP contribution is 2.34. The summed E-state index contributed by atoms with van der Waals surface area (Å²) in [6, 6.07) is 6.84. The predicted octanol–water partition coefficient (Wildman–Crippen LogP) is 4.37. The molecule has 0 saturated heterocycles. The second-order valence-corrected chi connectivity index (χ2v) is 7.52. The van der Waals surface area contributed by atoms with Gasteiger partial charge in [-0.1, -0.05) is 36.0 Å². The lowest BCUT2D eigenvalue weighted by Gasteiger charge is -2.43. The molecule has 2 N–H and O–H groups in total. The van der Waals surface area contributed by atoms with Crippen LogP contribution in [0.15, 0.2) is 28.8 Å². The fourth-order valence-corrected chi connectivity index (χ4v) is 3.77. The largest absolute Gasteiger partial charge is 0.477 e. The summed E-state index contributed by atoms with van der Waals surface area (Å²) < 4.78 is 5.37. The van der Waals surface area contributed by atoms with E-state index in [0.29, 0.717) is 17.1 Å². The van der Waals surface area contributed by atoms with Crippen LogP contribution in [0.3, 0.4) is 0 Å². The highest BCUT2D eigenvalue weighted by atomic mass is 35.5. The molecule has 1 aliphatic rings. The second-order valence-electron chi connectivity index (χ2n) is 7.08. The number of likely N-dealkylation sites (N-methyl/N-ethyl adjacent to an activating group) is 1. The smallest absolute Gasteiger partial charge is 0.343 e. The molecule has 0 spiro atoms. The van der Waals surface area contributed by atoms with E-state index in [1.165, 1.54) is 19.3 Å². The number of carboxylic acid groups (broad SMARTS) is 1. The molecule has 1 fully saturated rings. The van der Waals surface area contributed by atoms with Crippen molar-refractivity contribution in [2.24, 2.45) is 0 Å². The number of hydrogen-bond acceptors (Lipinski definition) is 5. The monoisotopic (exact) mass is 377 g/mol. The maximum atomic E-state index is 11.8. The lowest BCUT2D eigenvalue weighted by Crippen LogP contribution is -2.51. The minimum atomic E-state index is -1.07. The van der Waals surface area contributed by atoms with E-state index in [0.717, 1.165) is 12.8 Å². The molecule has 0 amide bonds. The van der Waals surface area contributed by atoms with Crippen molar-refractivity contribution in [3.63, 3.8) is 0 Å². The van der Waals surface area contributed by atoms with Crippen LogP contribution >= 0.6 is 11.6 Å².